The molecule has 7 nitrogen and oxygen atoms in total. The average Bonchev–Trinajstić information content (AvgIpc) is 2.53. The van der Waals surface area contributed by atoms with Crippen LogP contribution in [0, 0.1) is 0 Å². The van der Waals surface area contributed by atoms with Crippen LogP contribution in [0.15, 0.2) is 23.0 Å². The number of aromatic nitrogens is 1. The zero-order valence-electron chi connectivity index (χ0n) is 12.7. The van der Waals surface area contributed by atoms with E-state index in [0.717, 1.165) is 5.39 Å². The number of rotatable bonds is 5. The van der Waals surface area contributed by atoms with Crippen molar-refractivity contribution < 1.29 is 19.0 Å². The quantitative estimate of drug-likeness (QED) is 0.872. The molecule has 22 heavy (non-hydrogen) atoms. The highest BCUT2D eigenvalue weighted by Gasteiger charge is 2.09. The first kappa shape index (κ1) is 15.7. The van der Waals surface area contributed by atoms with Gasteiger partial charge in [-0.15, -0.1) is 0 Å². The van der Waals surface area contributed by atoms with E-state index in [4.69, 9.17) is 9.47 Å². The molecule has 0 spiro atoms. The van der Waals surface area contributed by atoms with E-state index in [9.17, 15) is 9.59 Å². The first-order valence-electron chi connectivity index (χ1n) is 6.68. The van der Waals surface area contributed by atoms with E-state index >= 15 is 0 Å². The van der Waals surface area contributed by atoms with Crippen molar-refractivity contribution in [1.82, 2.24) is 10.3 Å². The second kappa shape index (κ2) is 6.84. The van der Waals surface area contributed by atoms with Crippen molar-refractivity contribution in [2.45, 2.75) is 6.42 Å². The Hall–Kier alpha value is -2.70. The van der Waals surface area contributed by atoms with Crippen molar-refractivity contribution in [2.75, 3.05) is 27.9 Å². The van der Waals surface area contributed by atoms with Crippen LogP contribution in [-0.4, -0.2) is 39.0 Å². The van der Waals surface area contributed by atoms with Gasteiger partial charge in [0.15, 0.2) is 11.5 Å². The number of pyridine rings is 1. The van der Waals surface area contributed by atoms with Crippen LogP contribution in [-0.2, 0) is 11.2 Å². The van der Waals surface area contributed by atoms with Gasteiger partial charge in [-0.05, 0) is 18.6 Å². The molecule has 2 rings (SSSR count). The summed E-state index contributed by atoms with van der Waals surface area (Å²) in [5.41, 5.74) is 1.02. The summed E-state index contributed by atoms with van der Waals surface area (Å²) in [5.74, 6) is 1.13. The van der Waals surface area contributed by atoms with Crippen molar-refractivity contribution in [3.8, 4) is 11.5 Å². The summed E-state index contributed by atoms with van der Waals surface area (Å²) >= 11 is 0. The predicted molar refractivity (Wildman–Crippen MR) is 81.8 cm³/mol. The Bertz CT molecular complexity index is 739. The fourth-order valence-corrected chi connectivity index (χ4v) is 2.14. The summed E-state index contributed by atoms with van der Waals surface area (Å²) in [7, 11) is 4.38. The maximum absolute atomic E-state index is 12.1. The molecule has 0 aliphatic heterocycles. The molecule has 0 fully saturated rings. The van der Waals surface area contributed by atoms with Gasteiger partial charge in [-0.25, -0.2) is 4.79 Å². The number of amides is 1. The number of fused-ring (bicyclic) bond motifs is 1. The number of alkyl carbamates (subject to hydrolysis) is 1. The van der Waals surface area contributed by atoms with Gasteiger partial charge in [-0.3, -0.25) is 4.79 Å². The van der Waals surface area contributed by atoms with E-state index in [0.29, 0.717) is 35.5 Å². The maximum Gasteiger partial charge on any atom is 0.406 e. The minimum absolute atomic E-state index is 0.202. The van der Waals surface area contributed by atoms with Crippen LogP contribution in [0.5, 0.6) is 11.5 Å². The van der Waals surface area contributed by atoms with Crippen molar-refractivity contribution >= 4 is 17.0 Å². The highest BCUT2D eigenvalue weighted by Crippen LogP contribution is 2.30. The maximum atomic E-state index is 12.1. The van der Waals surface area contributed by atoms with E-state index in [1.165, 1.54) is 14.2 Å². The number of hydrogen-bond acceptors (Lipinski definition) is 5. The molecule has 0 aliphatic rings. The summed E-state index contributed by atoms with van der Waals surface area (Å²) in [5, 5.41) is 3.36. The Morgan fingerprint density at radius 3 is 2.45 bits per heavy atom. The number of methoxy groups -OCH3 is 3. The van der Waals surface area contributed by atoms with Gasteiger partial charge in [0.1, 0.15) is 0 Å². The average molecular weight is 306 g/mol. The molecule has 0 saturated carbocycles. The lowest BCUT2D eigenvalue weighted by Crippen LogP contribution is -2.27. The fraction of sp³-hybridized carbons (Fsp3) is 0.333. The summed E-state index contributed by atoms with van der Waals surface area (Å²) < 4.78 is 14.9. The monoisotopic (exact) mass is 306 g/mol. The predicted octanol–water partition coefficient (Wildman–Crippen LogP) is 1.44. The standard InChI is InChI=1S/C15H18N2O5/c1-20-12-7-10-6-9(4-5-16-15(19)22-3)14(18)17-11(10)8-13(12)21-2/h6-8H,4-5H2,1-3H3,(H,16,19)(H,17,18). The second-order valence-electron chi connectivity index (χ2n) is 4.59. The van der Waals surface area contributed by atoms with Crippen molar-refractivity contribution in [3.63, 3.8) is 0 Å². The first-order valence-corrected chi connectivity index (χ1v) is 6.68. The van der Waals surface area contributed by atoms with Gasteiger partial charge < -0.3 is 24.5 Å². The van der Waals surface area contributed by atoms with Crippen molar-refractivity contribution in [2.24, 2.45) is 0 Å². The Kier molecular flexibility index (Phi) is 4.88. The number of nitrogens with one attached hydrogen (secondary N) is 2. The topological polar surface area (TPSA) is 89.7 Å². The second-order valence-corrected chi connectivity index (χ2v) is 4.59. The van der Waals surface area contributed by atoms with Gasteiger partial charge in [0.05, 0.1) is 26.8 Å². The molecule has 2 N–H and O–H groups in total. The van der Waals surface area contributed by atoms with Crippen molar-refractivity contribution in [3.05, 3.63) is 34.1 Å². The summed E-state index contributed by atoms with van der Waals surface area (Å²) in [4.78, 5) is 25.9. The lowest BCUT2D eigenvalue weighted by molar-refractivity contribution is 0.171. The Morgan fingerprint density at radius 2 is 1.82 bits per heavy atom. The van der Waals surface area contributed by atoms with Crippen LogP contribution in [0.3, 0.4) is 0 Å². The third kappa shape index (κ3) is 3.30. The van der Waals surface area contributed by atoms with Crippen molar-refractivity contribution in [1.29, 1.82) is 0 Å². The van der Waals surface area contributed by atoms with Crippen LogP contribution < -0.4 is 20.3 Å². The molecule has 1 amide bonds. The molecule has 1 aromatic heterocycles. The van der Waals surface area contributed by atoms with Gasteiger partial charge in [0, 0.05) is 23.6 Å². The highest BCUT2D eigenvalue weighted by atomic mass is 16.5. The van der Waals surface area contributed by atoms with Crippen LogP contribution in [0.2, 0.25) is 0 Å². The lowest BCUT2D eigenvalue weighted by Gasteiger charge is -2.10. The third-order valence-corrected chi connectivity index (χ3v) is 3.27. The smallest absolute Gasteiger partial charge is 0.406 e. The molecule has 0 radical (unpaired) electrons. The minimum atomic E-state index is -0.524. The molecular weight excluding hydrogens is 288 g/mol. The number of aromatic amines is 1. The Morgan fingerprint density at radius 1 is 1.14 bits per heavy atom. The normalized spacial score (nSPS) is 10.3. The molecule has 0 bridgehead atoms. The number of carbonyl (C=O) groups is 1. The molecule has 0 saturated heterocycles. The molecule has 0 unspecified atom stereocenters. The molecule has 1 aromatic carbocycles. The van der Waals surface area contributed by atoms with Crippen LogP contribution in [0.25, 0.3) is 10.9 Å². The fourth-order valence-electron chi connectivity index (χ4n) is 2.14. The number of benzene rings is 1. The minimum Gasteiger partial charge on any atom is -0.493 e. The Balaban J connectivity index is 2.31. The summed E-state index contributed by atoms with van der Waals surface area (Å²) in [6, 6.07) is 5.28. The van der Waals surface area contributed by atoms with Crippen LogP contribution in [0.4, 0.5) is 4.79 Å². The largest absolute Gasteiger partial charge is 0.493 e. The van der Waals surface area contributed by atoms with Gasteiger partial charge in [-0.2, -0.15) is 0 Å². The number of hydrogen-bond donors (Lipinski definition) is 2. The number of H-pyrrole nitrogens is 1. The Labute approximate surface area is 127 Å². The number of carbonyl (C=O) groups excluding carboxylic acids is 1. The van der Waals surface area contributed by atoms with E-state index in [2.05, 4.69) is 15.0 Å². The SMILES string of the molecule is COC(=O)NCCc1cc2cc(OC)c(OC)cc2[nH]c1=O. The summed E-state index contributed by atoms with van der Waals surface area (Å²) in [6.45, 7) is 0.314. The van der Waals surface area contributed by atoms with Gasteiger partial charge >= 0.3 is 6.09 Å². The highest BCUT2D eigenvalue weighted by molar-refractivity contribution is 5.83. The molecule has 118 valence electrons. The first-order chi connectivity index (χ1) is 10.6. The van der Waals surface area contributed by atoms with E-state index in [1.807, 2.05) is 0 Å². The van der Waals surface area contributed by atoms with Gasteiger partial charge in [-0.1, -0.05) is 0 Å². The third-order valence-electron chi connectivity index (χ3n) is 3.27. The molecule has 2 aromatic rings. The molecular formula is C15H18N2O5. The molecule has 0 aliphatic carbocycles. The lowest BCUT2D eigenvalue weighted by atomic mass is 10.1. The molecule has 0 atom stereocenters. The van der Waals surface area contributed by atoms with E-state index < -0.39 is 6.09 Å². The van der Waals surface area contributed by atoms with E-state index in [1.54, 1.807) is 25.3 Å². The van der Waals surface area contributed by atoms with Crippen LogP contribution in [0.1, 0.15) is 5.56 Å². The zero-order chi connectivity index (χ0) is 16.1. The number of ether oxygens (including phenoxy) is 3. The van der Waals surface area contributed by atoms with Gasteiger partial charge in [0.25, 0.3) is 5.56 Å². The molecule has 1 heterocycles. The zero-order valence-corrected chi connectivity index (χ0v) is 12.7. The van der Waals surface area contributed by atoms with Crippen LogP contribution >= 0.6 is 0 Å². The van der Waals surface area contributed by atoms with E-state index in [-0.39, 0.29) is 5.56 Å². The van der Waals surface area contributed by atoms with Gasteiger partial charge in [0.2, 0.25) is 0 Å². The molecule has 7 heteroatoms. The summed E-state index contributed by atoms with van der Waals surface area (Å²) in [6.07, 6.45) is -0.127.